The third-order valence-electron chi connectivity index (χ3n) is 2.66. The van der Waals surface area contributed by atoms with Gasteiger partial charge in [-0.1, -0.05) is 0 Å². The molecule has 114 valence electrons. The molecule has 0 spiro atoms. The number of hydrogen-bond donors (Lipinski definition) is 0. The van der Waals surface area contributed by atoms with Gasteiger partial charge in [0.05, 0.1) is 18.7 Å². The van der Waals surface area contributed by atoms with Crippen molar-refractivity contribution in [3.8, 4) is 17.6 Å². The first-order valence-corrected chi connectivity index (χ1v) is 7.26. The van der Waals surface area contributed by atoms with Crippen molar-refractivity contribution in [1.82, 2.24) is 0 Å². The third-order valence-corrected chi connectivity index (χ3v) is 3.92. The second-order valence-electron chi connectivity index (χ2n) is 4.09. The molecule has 0 saturated heterocycles. The molecule has 0 atom stereocenters. The van der Waals surface area contributed by atoms with E-state index >= 15 is 0 Å². The van der Waals surface area contributed by atoms with Crippen molar-refractivity contribution in [1.29, 1.82) is 5.26 Å². The van der Waals surface area contributed by atoms with Crippen molar-refractivity contribution in [2.24, 2.45) is 0 Å². The minimum atomic E-state index is -4.52. The molecular weight excluding hydrogens is 316 g/mol. The fourth-order valence-corrected chi connectivity index (χ4v) is 2.64. The Hall–Kier alpha value is -2.66. The van der Waals surface area contributed by atoms with E-state index in [9.17, 15) is 17.2 Å². The molecule has 0 fully saturated rings. The zero-order chi connectivity index (χ0) is 16.3. The first kappa shape index (κ1) is 15.7. The minimum Gasteiger partial charge on any atom is -0.493 e. The SMILES string of the molecule is COc1cc(C#N)ccc1OS(=O)(=O)c1ccc(F)cc1F. The molecule has 0 amide bonds. The summed E-state index contributed by atoms with van der Waals surface area (Å²) in [4.78, 5) is -0.805. The van der Waals surface area contributed by atoms with Crippen molar-refractivity contribution < 1.29 is 26.1 Å². The van der Waals surface area contributed by atoms with E-state index in [0.717, 1.165) is 12.1 Å². The molecule has 2 aromatic rings. The van der Waals surface area contributed by atoms with Gasteiger partial charge in [-0.2, -0.15) is 13.7 Å². The number of hydrogen-bond acceptors (Lipinski definition) is 5. The van der Waals surface area contributed by atoms with Crippen LogP contribution < -0.4 is 8.92 Å². The molecule has 2 aromatic carbocycles. The summed E-state index contributed by atoms with van der Waals surface area (Å²) in [5.41, 5.74) is 0.231. The Labute approximate surface area is 125 Å². The number of methoxy groups -OCH3 is 1. The monoisotopic (exact) mass is 325 g/mol. The molecule has 0 aliphatic heterocycles. The van der Waals surface area contributed by atoms with Crippen LogP contribution in [0.2, 0.25) is 0 Å². The highest BCUT2D eigenvalue weighted by atomic mass is 32.2. The van der Waals surface area contributed by atoms with Gasteiger partial charge >= 0.3 is 10.1 Å². The number of nitrogens with zero attached hydrogens (tertiary/aromatic N) is 1. The Morgan fingerprint density at radius 3 is 2.41 bits per heavy atom. The van der Waals surface area contributed by atoms with Crippen LogP contribution in [-0.2, 0) is 10.1 Å². The second kappa shape index (κ2) is 5.99. The second-order valence-corrected chi connectivity index (χ2v) is 5.60. The molecule has 0 radical (unpaired) electrons. The molecule has 0 aliphatic carbocycles. The van der Waals surface area contributed by atoms with E-state index in [-0.39, 0.29) is 17.1 Å². The standard InChI is InChI=1S/C14H9F2NO4S/c1-20-13-6-9(8-17)2-4-12(13)21-22(18,19)14-5-3-10(15)7-11(14)16/h2-7H,1H3. The average molecular weight is 325 g/mol. The van der Waals surface area contributed by atoms with Crippen molar-refractivity contribution in [3.63, 3.8) is 0 Å². The van der Waals surface area contributed by atoms with Gasteiger partial charge in [0.2, 0.25) is 0 Å². The van der Waals surface area contributed by atoms with Gasteiger partial charge in [0.1, 0.15) is 16.5 Å². The summed E-state index contributed by atoms with van der Waals surface area (Å²) >= 11 is 0. The highest BCUT2D eigenvalue weighted by molar-refractivity contribution is 7.87. The number of rotatable bonds is 4. The van der Waals surface area contributed by atoms with Gasteiger partial charge in [-0.15, -0.1) is 0 Å². The predicted octanol–water partition coefficient (Wildman–Crippen LogP) is 2.61. The summed E-state index contributed by atoms with van der Waals surface area (Å²) in [7, 11) is -3.26. The van der Waals surface area contributed by atoms with Gasteiger partial charge < -0.3 is 8.92 Å². The van der Waals surface area contributed by atoms with E-state index in [2.05, 4.69) is 0 Å². The van der Waals surface area contributed by atoms with Crippen LogP contribution in [0.15, 0.2) is 41.3 Å². The van der Waals surface area contributed by atoms with Crippen LogP contribution in [0.1, 0.15) is 5.56 Å². The molecule has 5 nitrogen and oxygen atoms in total. The molecule has 0 heterocycles. The molecule has 0 aliphatic rings. The Kier molecular flexibility index (Phi) is 4.28. The quantitative estimate of drug-likeness (QED) is 0.808. The van der Waals surface area contributed by atoms with Crippen molar-refractivity contribution in [2.75, 3.05) is 7.11 Å². The smallest absolute Gasteiger partial charge is 0.342 e. The normalized spacial score (nSPS) is 10.8. The van der Waals surface area contributed by atoms with E-state index < -0.39 is 26.6 Å². The van der Waals surface area contributed by atoms with Gasteiger partial charge in [-0.3, -0.25) is 0 Å². The molecule has 0 unspecified atom stereocenters. The van der Waals surface area contributed by atoms with Crippen molar-refractivity contribution >= 4 is 10.1 Å². The van der Waals surface area contributed by atoms with Gasteiger partial charge in [0.25, 0.3) is 0 Å². The van der Waals surface area contributed by atoms with E-state index in [1.54, 1.807) is 0 Å². The van der Waals surface area contributed by atoms with Crippen LogP contribution in [0.3, 0.4) is 0 Å². The summed E-state index contributed by atoms with van der Waals surface area (Å²) in [6, 6.07) is 7.64. The molecule has 22 heavy (non-hydrogen) atoms. The Balaban J connectivity index is 2.43. The van der Waals surface area contributed by atoms with Gasteiger partial charge in [0.15, 0.2) is 11.5 Å². The Morgan fingerprint density at radius 2 is 1.82 bits per heavy atom. The number of ether oxygens (including phenoxy) is 1. The highest BCUT2D eigenvalue weighted by Crippen LogP contribution is 2.31. The number of halogens is 2. The Bertz CT molecular complexity index is 860. The highest BCUT2D eigenvalue weighted by Gasteiger charge is 2.23. The maximum atomic E-state index is 13.6. The zero-order valence-electron chi connectivity index (χ0n) is 11.2. The number of nitriles is 1. The minimum absolute atomic E-state index is 0.00913. The molecule has 0 N–H and O–H groups in total. The lowest BCUT2D eigenvalue weighted by molar-refractivity contribution is 0.389. The molecule has 0 bridgehead atoms. The van der Waals surface area contributed by atoms with Crippen LogP contribution in [0.5, 0.6) is 11.5 Å². The molecule has 2 rings (SSSR count). The van der Waals surface area contributed by atoms with Crippen molar-refractivity contribution in [2.45, 2.75) is 4.90 Å². The number of benzene rings is 2. The van der Waals surface area contributed by atoms with E-state index in [0.29, 0.717) is 6.07 Å². The molecular formula is C14H9F2NO4S. The average Bonchev–Trinajstić information content (AvgIpc) is 2.46. The summed E-state index contributed by atoms with van der Waals surface area (Å²) in [6.07, 6.45) is 0. The van der Waals surface area contributed by atoms with Crippen molar-refractivity contribution in [3.05, 3.63) is 53.6 Å². The van der Waals surface area contributed by atoms with Crippen LogP contribution in [0, 0.1) is 23.0 Å². The van der Waals surface area contributed by atoms with Crippen LogP contribution in [0.25, 0.3) is 0 Å². The van der Waals surface area contributed by atoms with Gasteiger partial charge in [-0.25, -0.2) is 8.78 Å². The fraction of sp³-hybridized carbons (Fsp3) is 0.0714. The van der Waals surface area contributed by atoms with Crippen LogP contribution in [0.4, 0.5) is 8.78 Å². The zero-order valence-corrected chi connectivity index (χ0v) is 12.0. The third kappa shape index (κ3) is 3.15. The maximum Gasteiger partial charge on any atom is 0.342 e. The summed E-state index contributed by atoms with van der Waals surface area (Å²) in [6.45, 7) is 0. The van der Waals surface area contributed by atoms with Gasteiger partial charge in [-0.05, 0) is 24.3 Å². The maximum absolute atomic E-state index is 13.6. The lowest BCUT2D eigenvalue weighted by Gasteiger charge is -2.11. The molecule has 0 aromatic heterocycles. The molecule has 8 heteroatoms. The van der Waals surface area contributed by atoms with E-state index in [4.69, 9.17) is 14.2 Å². The lowest BCUT2D eigenvalue weighted by atomic mass is 10.2. The first-order chi connectivity index (χ1) is 10.4. The van der Waals surface area contributed by atoms with Crippen LogP contribution >= 0.6 is 0 Å². The topological polar surface area (TPSA) is 76.4 Å². The van der Waals surface area contributed by atoms with E-state index in [1.165, 1.54) is 25.3 Å². The summed E-state index contributed by atoms with van der Waals surface area (Å²) < 4.78 is 60.2. The van der Waals surface area contributed by atoms with E-state index in [1.807, 2.05) is 6.07 Å². The summed E-state index contributed by atoms with van der Waals surface area (Å²) in [5.74, 6) is -2.41. The molecule has 0 saturated carbocycles. The lowest BCUT2D eigenvalue weighted by Crippen LogP contribution is -2.12. The van der Waals surface area contributed by atoms with Crippen LogP contribution in [-0.4, -0.2) is 15.5 Å². The Morgan fingerprint density at radius 1 is 1.09 bits per heavy atom. The summed E-state index contributed by atoms with van der Waals surface area (Å²) in [5, 5.41) is 8.77. The fourth-order valence-electron chi connectivity index (χ4n) is 1.65. The van der Waals surface area contributed by atoms with Gasteiger partial charge in [0, 0.05) is 12.1 Å². The predicted molar refractivity (Wildman–Crippen MR) is 71.9 cm³/mol. The first-order valence-electron chi connectivity index (χ1n) is 5.85. The largest absolute Gasteiger partial charge is 0.493 e.